The maximum absolute atomic E-state index is 12.8. The Morgan fingerprint density at radius 1 is 1.33 bits per heavy atom. The maximum atomic E-state index is 12.8. The highest BCUT2D eigenvalue weighted by Gasteiger charge is 2.36. The van der Waals surface area contributed by atoms with E-state index >= 15 is 0 Å². The molecule has 170 valence electrons. The van der Waals surface area contributed by atoms with E-state index in [9.17, 15) is 14.7 Å². The van der Waals surface area contributed by atoms with Crippen LogP contribution < -0.4 is 10.1 Å². The molecule has 0 bridgehead atoms. The maximum Gasteiger partial charge on any atom is 0.345 e. The number of hydrogen-bond donors (Lipinski definition) is 3. The topological polar surface area (TPSA) is 117 Å². The van der Waals surface area contributed by atoms with Crippen molar-refractivity contribution in [2.45, 2.75) is 6.92 Å². The van der Waals surface area contributed by atoms with Crippen molar-refractivity contribution in [3.05, 3.63) is 71.1 Å². The van der Waals surface area contributed by atoms with Crippen LogP contribution in [0.25, 0.3) is 17.1 Å². The van der Waals surface area contributed by atoms with E-state index in [1.165, 1.54) is 6.08 Å². The number of ketones is 1. The summed E-state index contributed by atoms with van der Waals surface area (Å²) in [6.07, 6.45) is 4.85. The van der Waals surface area contributed by atoms with Crippen molar-refractivity contribution in [3.8, 4) is 5.75 Å². The summed E-state index contributed by atoms with van der Waals surface area (Å²) < 4.78 is 11.4. The van der Waals surface area contributed by atoms with Crippen molar-refractivity contribution >= 4 is 34.5 Å². The van der Waals surface area contributed by atoms with Gasteiger partial charge in [0.2, 0.25) is 11.7 Å². The summed E-state index contributed by atoms with van der Waals surface area (Å²) in [5, 5.41) is 13.4. The Labute approximate surface area is 190 Å². The van der Waals surface area contributed by atoms with E-state index in [0.29, 0.717) is 29.3 Å². The Hall–Kier alpha value is -4.11. The minimum absolute atomic E-state index is 0.0825. The van der Waals surface area contributed by atoms with Crippen molar-refractivity contribution in [2.24, 2.45) is 0 Å². The molecule has 0 saturated heterocycles. The van der Waals surface area contributed by atoms with E-state index in [0.717, 1.165) is 17.5 Å². The third kappa shape index (κ3) is 4.73. The zero-order chi connectivity index (χ0) is 23.5. The lowest BCUT2D eigenvalue weighted by atomic mass is 10.1. The SMILES string of the molecule is Cc1cc(OCCN(C)C)ccc1NC1=C(C(=O)O)C(=O)/C(=C/c2c[nH]c3ncccc23)O1. The minimum Gasteiger partial charge on any atom is -0.492 e. The number of hydrogen-bond acceptors (Lipinski definition) is 7. The lowest BCUT2D eigenvalue weighted by molar-refractivity contribution is -0.134. The molecule has 9 heteroatoms. The van der Waals surface area contributed by atoms with Gasteiger partial charge in [0, 0.05) is 35.6 Å². The van der Waals surface area contributed by atoms with Gasteiger partial charge in [0.25, 0.3) is 0 Å². The van der Waals surface area contributed by atoms with Crippen LogP contribution >= 0.6 is 0 Å². The molecule has 0 aliphatic carbocycles. The summed E-state index contributed by atoms with van der Waals surface area (Å²) in [4.78, 5) is 33.9. The van der Waals surface area contributed by atoms with Gasteiger partial charge in [-0.15, -0.1) is 0 Å². The number of aryl methyl sites for hydroxylation is 1. The fraction of sp³-hybridized carbons (Fsp3) is 0.208. The molecule has 3 aromatic rings. The molecule has 0 amide bonds. The van der Waals surface area contributed by atoms with Gasteiger partial charge < -0.3 is 29.8 Å². The van der Waals surface area contributed by atoms with Crippen molar-refractivity contribution in [3.63, 3.8) is 0 Å². The average molecular weight is 448 g/mol. The summed E-state index contributed by atoms with van der Waals surface area (Å²) in [6.45, 7) is 3.18. The Morgan fingerprint density at radius 3 is 2.88 bits per heavy atom. The van der Waals surface area contributed by atoms with Crippen LogP contribution in [0, 0.1) is 6.92 Å². The quantitative estimate of drug-likeness (QED) is 0.355. The van der Waals surface area contributed by atoms with Gasteiger partial charge in [-0.1, -0.05) is 0 Å². The second kappa shape index (κ2) is 9.17. The van der Waals surface area contributed by atoms with Gasteiger partial charge in [0.1, 0.15) is 18.0 Å². The van der Waals surface area contributed by atoms with Gasteiger partial charge in [-0.25, -0.2) is 9.78 Å². The molecule has 9 nitrogen and oxygen atoms in total. The van der Waals surface area contributed by atoms with Crippen LogP contribution in [0.4, 0.5) is 5.69 Å². The first-order valence-corrected chi connectivity index (χ1v) is 10.3. The predicted molar refractivity (Wildman–Crippen MR) is 124 cm³/mol. The number of carboxylic acids is 1. The van der Waals surface area contributed by atoms with Crippen LogP contribution in [-0.2, 0) is 14.3 Å². The highest BCUT2D eigenvalue weighted by Crippen LogP contribution is 2.31. The number of aromatic amines is 1. The molecule has 1 aliphatic heterocycles. The van der Waals surface area contributed by atoms with Gasteiger partial charge in [-0.05, 0) is 63.0 Å². The molecular weight excluding hydrogens is 424 g/mol. The van der Waals surface area contributed by atoms with E-state index < -0.39 is 17.3 Å². The predicted octanol–water partition coefficient (Wildman–Crippen LogP) is 3.16. The number of allylic oxidation sites excluding steroid dienone is 1. The number of aliphatic carboxylic acids is 1. The minimum atomic E-state index is -1.37. The first-order valence-electron chi connectivity index (χ1n) is 10.3. The van der Waals surface area contributed by atoms with E-state index in [4.69, 9.17) is 9.47 Å². The second-order valence-electron chi connectivity index (χ2n) is 7.85. The number of aromatic nitrogens is 2. The summed E-state index contributed by atoms with van der Waals surface area (Å²) >= 11 is 0. The van der Waals surface area contributed by atoms with Crippen molar-refractivity contribution in [1.29, 1.82) is 0 Å². The summed E-state index contributed by atoms with van der Waals surface area (Å²) in [7, 11) is 3.94. The number of rotatable bonds is 8. The zero-order valence-electron chi connectivity index (χ0n) is 18.5. The molecule has 1 aliphatic rings. The molecule has 0 atom stereocenters. The number of nitrogens with zero attached hydrogens (tertiary/aromatic N) is 2. The average Bonchev–Trinajstić information content (AvgIpc) is 3.31. The Morgan fingerprint density at radius 2 is 2.15 bits per heavy atom. The van der Waals surface area contributed by atoms with Gasteiger partial charge >= 0.3 is 5.97 Å². The highest BCUT2D eigenvalue weighted by molar-refractivity contribution is 6.26. The number of carboxylic acid groups (broad SMARTS) is 1. The molecule has 33 heavy (non-hydrogen) atoms. The molecule has 3 N–H and O–H groups in total. The lowest BCUT2D eigenvalue weighted by Crippen LogP contribution is -2.19. The number of H-pyrrole nitrogens is 1. The first kappa shape index (κ1) is 22.1. The van der Waals surface area contributed by atoms with E-state index in [-0.39, 0.29) is 11.6 Å². The molecule has 0 radical (unpaired) electrons. The molecule has 4 rings (SSSR count). The molecule has 3 heterocycles. The monoisotopic (exact) mass is 448 g/mol. The number of likely N-dealkylation sites (N-methyl/N-ethyl adjacent to an activating group) is 1. The van der Waals surface area contributed by atoms with Crippen LogP contribution in [0.2, 0.25) is 0 Å². The Bertz CT molecular complexity index is 1290. The van der Waals surface area contributed by atoms with Crippen LogP contribution in [0.3, 0.4) is 0 Å². The number of benzene rings is 1. The lowest BCUT2D eigenvalue weighted by Gasteiger charge is -2.14. The number of fused-ring (bicyclic) bond motifs is 1. The molecule has 0 spiro atoms. The molecule has 0 saturated carbocycles. The number of nitrogens with one attached hydrogen (secondary N) is 2. The highest BCUT2D eigenvalue weighted by atomic mass is 16.5. The Kier molecular flexibility index (Phi) is 6.14. The summed E-state index contributed by atoms with van der Waals surface area (Å²) in [5.41, 5.74) is 2.29. The van der Waals surface area contributed by atoms with E-state index in [1.807, 2.05) is 38.1 Å². The van der Waals surface area contributed by atoms with Gasteiger partial charge in [0.05, 0.1) is 0 Å². The molecule has 0 unspecified atom stereocenters. The van der Waals surface area contributed by atoms with E-state index in [1.54, 1.807) is 30.6 Å². The standard InChI is InChI=1S/C24H24N4O5/c1-14-11-16(32-10-9-28(2)3)6-7-18(14)27-23-20(24(30)31)21(29)19(33-23)12-15-13-26-22-17(15)5-4-8-25-22/h4-8,11-13,27H,9-10H2,1-3H3,(H,25,26)(H,30,31)/b19-12-. The van der Waals surface area contributed by atoms with Crippen molar-refractivity contribution in [2.75, 3.05) is 32.6 Å². The molecule has 1 aromatic carbocycles. The molecule has 2 aromatic heterocycles. The summed E-state index contributed by atoms with van der Waals surface area (Å²) in [6, 6.07) is 9.00. The third-order valence-corrected chi connectivity index (χ3v) is 5.13. The molecule has 0 fully saturated rings. The van der Waals surface area contributed by atoms with Crippen LogP contribution in [0.5, 0.6) is 5.75 Å². The second-order valence-corrected chi connectivity index (χ2v) is 7.85. The van der Waals surface area contributed by atoms with Gasteiger partial charge in [-0.2, -0.15) is 0 Å². The number of carbonyl (C=O) groups is 2. The summed E-state index contributed by atoms with van der Waals surface area (Å²) in [5.74, 6) is -1.58. The van der Waals surface area contributed by atoms with Crippen LogP contribution in [0.1, 0.15) is 11.1 Å². The largest absolute Gasteiger partial charge is 0.492 e. The number of carbonyl (C=O) groups excluding carboxylic acids is 1. The van der Waals surface area contributed by atoms with Crippen molar-refractivity contribution in [1.82, 2.24) is 14.9 Å². The first-order chi connectivity index (χ1) is 15.8. The van der Waals surface area contributed by atoms with E-state index in [2.05, 4.69) is 15.3 Å². The number of Topliss-reactive ketones (excluding diaryl/α,β-unsaturated/α-hetero) is 1. The van der Waals surface area contributed by atoms with Crippen molar-refractivity contribution < 1.29 is 24.2 Å². The third-order valence-electron chi connectivity index (χ3n) is 5.13. The Balaban J connectivity index is 1.56. The number of pyridine rings is 1. The number of anilines is 1. The van der Waals surface area contributed by atoms with Gasteiger partial charge in [-0.3, -0.25) is 4.79 Å². The smallest absolute Gasteiger partial charge is 0.345 e. The normalized spacial score (nSPS) is 14.9. The van der Waals surface area contributed by atoms with Crippen LogP contribution in [0.15, 0.2) is 59.9 Å². The fourth-order valence-electron chi connectivity index (χ4n) is 3.38. The number of ether oxygens (including phenoxy) is 2. The van der Waals surface area contributed by atoms with Crippen LogP contribution in [-0.4, -0.2) is 59.0 Å². The fourth-order valence-corrected chi connectivity index (χ4v) is 3.38. The van der Waals surface area contributed by atoms with Gasteiger partial charge in [0.15, 0.2) is 11.3 Å². The molecular formula is C24H24N4O5. The zero-order valence-corrected chi connectivity index (χ0v) is 18.5.